The maximum Gasteiger partial charge on any atom is 0.250 e. The van der Waals surface area contributed by atoms with Crippen LogP contribution in [0.15, 0.2) is 18.2 Å². The van der Waals surface area contributed by atoms with Crippen molar-refractivity contribution < 1.29 is 14.3 Å². The number of hydrogen-bond acceptors (Lipinski definition) is 3. The molecule has 0 aliphatic carbocycles. The van der Waals surface area contributed by atoms with Gasteiger partial charge in [0.05, 0.1) is 6.42 Å². The van der Waals surface area contributed by atoms with E-state index in [1.165, 1.54) is 7.11 Å². The fourth-order valence-electron chi connectivity index (χ4n) is 2.14. The molecule has 0 fully saturated rings. The molecule has 0 saturated heterocycles. The average Bonchev–Trinajstić information content (AvgIpc) is 2.63. The highest BCUT2D eigenvalue weighted by Gasteiger charge is 2.25. The third-order valence-electron chi connectivity index (χ3n) is 2.89. The largest absolute Gasteiger partial charge is 0.375 e. The summed E-state index contributed by atoms with van der Waals surface area (Å²) in [5.41, 5.74) is 2.59. The number of anilines is 2. The lowest BCUT2D eigenvalue weighted by Gasteiger charge is -2.14. The van der Waals surface area contributed by atoms with E-state index in [2.05, 4.69) is 5.32 Å². The van der Waals surface area contributed by atoms with Crippen LogP contribution in [-0.4, -0.2) is 32.1 Å². The molecule has 1 heterocycles. The van der Waals surface area contributed by atoms with Crippen molar-refractivity contribution in [3.05, 3.63) is 23.8 Å². The Morgan fingerprint density at radius 2 is 2.28 bits per heavy atom. The molecule has 0 saturated carbocycles. The van der Waals surface area contributed by atoms with Gasteiger partial charge in [0.25, 0.3) is 0 Å². The van der Waals surface area contributed by atoms with E-state index < -0.39 is 0 Å². The molecule has 96 valence electrons. The number of amides is 2. The minimum absolute atomic E-state index is 0.0249. The van der Waals surface area contributed by atoms with E-state index in [0.29, 0.717) is 18.7 Å². The van der Waals surface area contributed by atoms with Crippen molar-refractivity contribution in [2.45, 2.75) is 13.3 Å². The van der Waals surface area contributed by atoms with E-state index in [0.717, 1.165) is 11.3 Å². The van der Waals surface area contributed by atoms with Crippen molar-refractivity contribution in [2.24, 2.45) is 0 Å². The second-order valence-corrected chi connectivity index (χ2v) is 4.14. The molecule has 0 unspecified atom stereocenters. The summed E-state index contributed by atoms with van der Waals surface area (Å²) in [5.74, 6) is -0.0954. The van der Waals surface area contributed by atoms with Crippen LogP contribution < -0.4 is 10.2 Å². The Kier molecular flexibility index (Phi) is 3.62. The smallest absolute Gasteiger partial charge is 0.250 e. The van der Waals surface area contributed by atoms with Gasteiger partial charge in [-0.25, -0.2) is 0 Å². The fraction of sp³-hybridized carbons (Fsp3) is 0.385. The fourth-order valence-corrected chi connectivity index (χ4v) is 2.14. The van der Waals surface area contributed by atoms with E-state index in [4.69, 9.17) is 4.74 Å². The van der Waals surface area contributed by atoms with Gasteiger partial charge in [0.2, 0.25) is 11.8 Å². The highest BCUT2D eigenvalue weighted by Crippen LogP contribution is 2.30. The van der Waals surface area contributed by atoms with Gasteiger partial charge >= 0.3 is 0 Å². The van der Waals surface area contributed by atoms with Crippen LogP contribution in [0.1, 0.15) is 12.5 Å². The quantitative estimate of drug-likeness (QED) is 0.870. The summed E-state index contributed by atoms with van der Waals surface area (Å²) in [6.07, 6.45) is 0.400. The van der Waals surface area contributed by atoms with Crippen molar-refractivity contribution in [3.63, 3.8) is 0 Å². The normalized spacial score (nSPS) is 13.7. The Labute approximate surface area is 106 Å². The number of nitrogens with zero attached hydrogens (tertiary/aromatic N) is 1. The molecule has 1 N–H and O–H groups in total. The lowest BCUT2D eigenvalue weighted by molar-refractivity contribution is -0.119. The molecule has 1 aromatic rings. The zero-order chi connectivity index (χ0) is 13.1. The summed E-state index contributed by atoms with van der Waals surface area (Å²) in [5, 5.41) is 2.73. The highest BCUT2D eigenvalue weighted by atomic mass is 16.5. The van der Waals surface area contributed by atoms with Crippen LogP contribution in [0.4, 0.5) is 11.4 Å². The molecule has 0 aromatic heterocycles. The average molecular weight is 248 g/mol. The van der Waals surface area contributed by atoms with E-state index in [9.17, 15) is 9.59 Å². The number of likely N-dealkylation sites (N-methyl/N-ethyl adjacent to an activating group) is 1. The minimum atomic E-state index is -0.200. The third kappa shape index (κ3) is 2.36. The van der Waals surface area contributed by atoms with Crippen molar-refractivity contribution in [1.29, 1.82) is 0 Å². The van der Waals surface area contributed by atoms with Gasteiger partial charge in [0, 0.05) is 25.0 Å². The minimum Gasteiger partial charge on any atom is -0.375 e. The Morgan fingerprint density at radius 3 is 2.94 bits per heavy atom. The van der Waals surface area contributed by atoms with Gasteiger partial charge in [-0.3, -0.25) is 9.59 Å². The van der Waals surface area contributed by atoms with Gasteiger partial charge < -0.3 is 15.0 Å². The van der Waals surface area contributed by atoms with E-state index >= 15 is 0 Å². The van der Waals surface area contributed by atoms with Crippen molar-refractivity contribution in [1.82, 2.24) is 0 Å². The van der Waals surface area contributed by atoms with Gasteiger partial charge in [0.1, 0.15) is 6.61 Å². The summed E-state index contributed by atoms with van der Waals surface area (Å²) < 4.78 is 4.75. The summed E-state index contributed by atoms with van der Waals surface area (Å²) in [6.45, 7) is 2.64. The monoisotopic (exact) mass is 248 g/mol. The molecule has 0 radical (unpaired) electrons. The maximum absolute atomic E-state index is 11.7. The topological polar surface area (TPSA) is 58.6 Å². The summed E-state index contributed by atoms with van der Waals surface area (Å²) in [6, 6.07) is 5.51. The van der Waals surface area contributed by atoms with Crippen molar-refractivity contribution in [2.75, 3.05) is 30.5 Å². The number of rotatable bonds is 4. The van der Waals surface area contributed by atoms with Gasteiger partial charge in [-0.2, -0.15) is 0 Å². The molecule has 0 bridgehead atoms. The van der Waals surface area contributed by atoms with Gasteiger partial charge in [0.15, 0.2) is 0 Å². The Hall–Kier alpha value is -1.88. The predicted octanol–water partition coefficient (Wildman–Crippen LogP) is 1.18. The molecule has 2 rings (SSSR count). The second-order valence-electron chi connectivity index (χ2n) is 4.14. The number of fused-ring (bicyclic) bond motifs is 1. The highest BCUT2D eigenvalue weighted by molar-refractivity contribution is 6.02. The van der Waals surface area contributed by atoms with E-state index in [-0.39, 0.29) is 18.4 Å². The molecular formula is C13H16N2O3. The lowest BCUT2D eigenvalue weighted by atomic mass is 10.1. The number of carbonyl (C=O) groups is 2. The Balaban J connectivity index is 2.17. The molecule has 2 amide bonds. The first-order valence-corrected chi connectivity index (χ1v) is 5.87. The third-order valence-corrected chi connectivity index (χ3v) is 2.89. The predicted molar refractivity (Wildman–Crippen MR) is 68.7 cm³/mol. The van der Waals surface area contributed by atoms with Crippen LogP contribution in [-0.2, 0) is 20.7 Å². The van der Waals surface area contributed by atoms with Gasteiger partial charge in [-0.05, 0) is 30.7 Å². The summed E-state index contributed by atoms with van der Waals surface area (Å²) in [4.78, 5) is 24.8. The van der Waals surface area contributed by atoms with E-state index in [1.807, 2.05) is 19.1 Å². The standard InChI is InChI=1S/C13H16N2O3/c1-3-15-11-5-4-10(14-12(16)8-18-2)6-9(11)7-13(15)17/h4-6H,3,7-8H2,1-2H3,(H,14,16). The van der Waals surface area contributed by atoms with Crippen LogP contribution in [0, 0.1) is 0 Å². The number of methoxy groups -OCH3 is 1. The Morgan fingerprint density at radius 1 is 1.50 bits per heavy atom. The first-order chi connectivity index (χ1) is 8.65. The summed E-state index contributed by atoms with van der Waals surface area (Å²) >= 11 is 0. The number of benzene rings is 1. The van der Waals surface area contributed by atoms with Crippen LogP contribution in [0.25, 0.3) is 0 Å². The molecule has 5 heteroatoms. The second kappa shape index (κ2) is 5.18. The van der Waals surface area contributed by atoms with Crippen LogP contribution >= 0.6 is 0 Å². The molecule has 0 spiro atoms. The van der Waals surface area contributed by atoms with Crippen molar-refractivity contribution in [3.8, 4) is 0 Å². The maximum atomic E-state index is 11.7. The molecule has 1 aliphatic heterocycles. The molecule has 1 aromatic carbocycles. The van der Waals surface area contributed by atoms with Crippen LogP contribution in [0.5, 0.6) is 0 Å². The SMILES string of the molecule is CCN1C(=O)Cc2cc(NC(=O)COC)ccc21. The molecule has 18 heavy (non-hydrogen) atoms. The van der Waals surface area contributed by atoms with Crippen LogP contribution in [0.3, 0.4) is 0 Å². The van der Waals surface area contributed by atoms with Gasteiger partial charge in [-0.1, -0.05) is 0 Å². The molecule has 0 atom stereocenters. The Bertz CT molecular complexity index is 485. The summed E-state index contributed by atoms with van der Waals surface area (Å²) in [7, 11) is 1.47. The van der Waals surface area contributed by atoms with Crippen LogP contribution in [0.2, 0.25) is 0 Å². The molecule has 5 nitrogen and oxygen atoms in total. The van der Waals surface area contributed by atoms with E-state index in [1.54, 1.807) is 11.0 Å². The first-order valence-electron chi connectivity index (χ1n) is 5.87. The zero-order valence-electron chi connectivity index (χ0n) is 10.5. The molecular weight excluding hydrogens is 232 g/mol. The first kappa shape index (κ1) is 12.6. The lowest BCUT2D eigenvalue weighted by Crippen LogP contribution is -2.25. The van der Waals surface area contributed by atoms with Gasteiger partial charge in [-0.15, -0.1) is 0 Å². The zero-order valence-corrected chi connectivity index (χ0v) is 10.5. The number of carbonyl (C=O) groups excluding carboxylic acids is 2. The number of ether oxygens (including phenoxy) is 1. The molecule has 1 aliphatic rings. The number of hydrogen-bond donors (Lipinski definition) is 1. The number of nitrogens with one attached hydrogen (secondary N) is 1. The van der Waals surface area contributed by atoms with Crippen molar-refractivity contribution >= 4 is 23.2 Å².